The first kappa shape index (κ1) is 10.5. The lowest BCUT2D eigenvalue weighted by atomic mass is 10.1. The van der Waals surface area contributed by atoms with Crippen LogP contribution in [-0.2, 0) is 14.3 Å². The Bertz CT molecular complexity index is 445. The van der Waals surface area contributed by atoms with Crippen molar-refractivity contribution in [2.75, 3.05) is 6.61 Å². The molecule has 2 aliphatic rings. The molecule has 0 N–H and O–H groups in total. The minimum atomic E-state index is -0.477. The van der Waals surface area contributed by atoms with Gasteiger partial charge in [0.05, 0.1) is 18.6 Å². The zero-order valence-electron chi connectivity index (χ0n) is 9.28. The first-order valence-corrected chi connectivity index (χ1v) is 5.75. The van der Waals surface area contributed by atoms with E-state index in [0.717, 1.165) is 11.8 Å². The molecule has 4 nitrogen and oxygen atoms in total. The van der Waals surface area contributed by atoms with Gasteiger partial charge in [-0.3, -0.25) is 4.79 Å². The molecule has 0 saturated carbocycles. The fraction of sp³-hybridized carbons (Fsp3) is 0.385. The van der Waals surface area contributed by atoms with E-state index in [0.29, 0.717) is 13.0 Å². The van der Waals surface area contributed by atoms with E-state index in [2.05, 4.69) is 0 Å². The lowest BCUT2D eigenvalue weighted by Crippen LogP contribution is -2.32. The number of rotatable bonds is 2. The molecule has 1 aromatic carbocycles. The number of hydrogen-bond donors (Lipinski definition) is 0. The summed E-state index contributed by atoms with van der Waals surface area (Å²) in [6.07, 6.45) is 1.02. The average Bonchev–Trinajstić information content (AvgIpc) is 2.91. The van der Waals surface area contributed by atoms with Crippen LogP contribution < -0.4 is 0 Å². The van der Waals surface area contributed by atoms with Gasteiger partial charge in [-0.2, -0.15) is 0 Å². The van der Waals surface area contributed by atoms with Gasteiger partial charge in [0.1, 0.15) is 6.29 Å². The average molecular weight is 231 g/mol. The number of carbonyl (C=O) groups excluding carboxylic acids is 2. The van der Waals surface area contributed by atoms with Crippen LogP contribution >= 0.6 is 0 Å². The summed E-state index contributed by atoms with van der Waals surface area (Å²) in [7, 11) is 0. The summed E-state index contributed by atoms with van der Waals surface area (Å²) in [5, 5.41) is 0. The second kappa shape index (κ2) is 3.96. The van der Waals surface area contributed by atoms with Gasteiger partial charge in [-0.1, -0.05) is 30.3 Å². The molecule has 2 fully saturated rings. The summed E-state index contributed by atoms with van der Waals surface area (Å²) >= 11 is 0. The van der Waals surface area contributed by atoms with E-state index in [-0.39, 0.29) is 18.2 Å². The Balaban J connectivity index is 1.90. The fourth-order valence-corrected chi connectivity index (χ4v) is 2.61. The maximum absolute atomic E-state index is 12.0. The molecule has 0 radical (unpaired) electrons. The van der Waals surface area contributed by atoms with Crippen LogP contribution in [0.4, 0.5) is 0 Å². The van der Waals surface area contributed by atoms with E-state index in [1.54, 1.807) is 4.90 Å². The van der Waals surface area contributed by atoms with Crippen molar-refractivity contribution in [1.29, 1.82) is 0 Å². The maximum atomic E-state index is 12.0. The molecule has 2 heterocycles. The summed E-state index contributed by atoms with van der Waals surface area (Å²) in [4.78, 5) is 24.5. The highest BCUT2D eigenvalue weighted by molar-refractivity contribution is 5.94. The second-order valence-corrected chi connectivity index (χ2v) is 4.47. The monoisotopic (exact) mass is 231 g/mol. The number of nitrogens with zero attached hydrogens (tertiary/aromatic N) is 1. The SMILES string of the molecule is O=CC1CC2CO[C@H](c3ccccc3)N2C1=O. The number of carbonyl (C=O) groups is 2. The Morgan fingerprint density at radius 1 is 1.29 bits per heavy atom. The highest BCUT2D eigenvalue weighted by Gasteiger charge is 2.47. The summed E-state index contributed by atoms with van der Waals surface area (Å²) in [6, 6.07) is 9.70. The number of benzene rings is 1. The van der Waals surface area contributed by atoms with Gasteiger partial charge in [0.15, 0.2) is 6.23 Å². The van der Waals surface area contributed by atoms with Crippen molar-refractivity contribution in [3.63, 3.8) is 0 Å². The first-order chi connectivity index (χ1) is 8.31. The first-order valence-electron chi connectivity index (χ1n) is 5.75. The third kappa shape index (κ3) is 1.56. The molecule has 2 saturated heterocycles. The van der Waals surface area contributed by atoms with E-state index in [1.807, 2.05) is 30.3 Å². The minimum absolute atomic E-state index is 0.0582. The molecular formula is C13H13NO3. The maximum Gasteiger partial charge on any atom is 0.235 e. The molecule has 2 unspecified atom stereocenters. The highest BCUT2D eigenvalue weighted by atomic mass is 16.5. The molecule has 0 aromatic heterocycles. The van der Waals surface area contributed by atoms with Gasteiger partial charge in [-0.15, -0.1) is 0 Å². The summed E-state index contributed by atoms with van der Waals surface area (Å²) in [5.41, 5.74) is 0.967. The van der Waals surface area contributed by atoms with Crippen LogP contribution in [-0.4, -0.2) is 29.7 Å². The summed E-state index contributed by atoms with van der Waals surface area (Å²) in [6.45, 7) is 0.523. The van der Waals surface area contributed by atoms with Crippen molar-refractivity contribution in [2.45, 2.75) is 18.7 Å². The van der Waals surface area contributed by atoms with Crippen molar-refractivity contribution in [3.05, 3.63) is 35.9 Å². The largest absolute Gasteiger partial charge is 0.352 e. The molecule has 3 rings (SSSR count). The fourth-order valence-electron chi connectivity index (χ4n) is 2.61. The van der Waals surface area contributed by atoms with Gasteiger partial charge in [0, 0.05) is 5.56 Å². The van der Waals surface area contributed by atoms with Crippen LogP contribution in [0.3, 0.4) is 0 Å². The summed E-state index contributed by atoms with van der Waals surface area (Å²) < 4.78 is 5.66. The molecule has 17 heavy (non-hydrogen) atoms. The van der Waals surface area contributed by atoms with Crippen molar-refractivity contribution >= 4 is 12.2 Å². The number of amides is 1. The van der Waals surface area contributed by atoms with Crippen LogP contribution in [0, 0.1) is 5.92 Å². The molecule has 2 aliphatic heterocycles. The van der Waals surface area contributed by atoms with Crippen LogP contribution in [0.5, 0.6) is 0 Å². The van der Waals surface area contributed by atoms with Gasteiger partial charge >= 0.3 is 0 Å². The number of ether oxygens (including phenoxy) is 1. The third-order valence-corrected chi connectivity index (χ3v) is 3.44. The molecule has 0 aliphatic carbocycles. The van der Waals surface area contributed by atoms with Gasteiger partial charge in [0.25, 0.3) is 0 Å². The quantitative estimate of drug-likeness (QED) is 0.566. The predicted molar refractivity (Wildman–Crippen MR) is 59.9 cm³/mol. The molecule has 0 bridgehead atoms. The molecular weight excluding hydrogens is 218 g/mol. The number of hydrogen-bond acceptors (Lipinski definition) is 3. The zero-order valence-corrected chi connectivity index (χ0v) is 9.28. The smallest absolute Gasteiger partial charge is 0.235 e. The number of fused-ring (bicyclic) bond motifs is 1. The van der Waals surface area contributed by atoms with Crippen LogP contribution in [0.15, 0.2) is 30.3 Å². The van der Waals surface area contributed by atoms with E-state index in [4.69, 9.17) is 4.74 Å². The van der Waals surface area contributed by atoms with E-state index in [1.165, 1.54) is 0 Å². The topological polar surface area (TPSA) is 46.6 Å². The normalized spacial score (nSPS) is 31.6. The Labute approximate surface area is 99.2 Å². The molecule has 0 spiro atoms. The van der Waals surface area contributed by atoms with Gasteiger partial charge in [-0.25, -0.2) is 0 Å². The Morgan fingerprint density at radius 2 is 2.06 bits per heavy atom. The van der Waals surface area contributed by atoms with Crippen LogP contribution in [0.2, 0.25) is 0 Å². The summed E-state index contributed by atoms with van der Waals surface area (Å²) in [5.74, 6) is -0.577. The van der Waals surface area contributed by atoms with Crippen molar-refractivity contribution in [1.82, 2.24) is 4.90 Å². The zero-order chi connectivity index (χ0) is 11.8. The van der Waals surface area contributed by atoms with Gasteiger partial charge < -0.3 is 14.4 Å². The van der Waals surface area contributed by atoms with Crippen LogP contribution in [0.25, 0.3) is 0 Å². The lowest BCUT2D eigenvalue weighted by Gasteiger charge is -2.22. The van der Waals surface area contributed by atoms with Crippen molar-refractivity contribution in [3.8, 4) is 0 Å². The molecule has 4 heteroatoms. The van der Waals surface area contributed by atoms with Gasteiger partial charge in [-0.05, 0) is 6.42 Å². The van der Waals surface area contributed by atoms with Crippen LogP contribution in [0.1, 0.15) is 18.2 Å². The third-order valence-electron chi connectivity index (χ3n) is 3.44. The lowest BCUT2D eigenvalue weighted by molar-refractivity contribution is -0.139. The van der Waals surface area contributed by atoms with Crippen molar-refractivity contribution in [2.24, 2.45) is 5.92 Å². The highest BCUT2D eigenvalue weighted by Crippen LogP contribution is 2.38. The minimum Gasteiger partial charge on any atom is -0.352 e. The number of aldehydes is 1. The second-order valence-electron chi connectivity index (χ2n) is 4.47. The Kier molecular flexibility index (Phi) is 2.44. The Hall–Kier alpha value is -1.68. The molecule has 1 amide bonds. The van der Waals surface area contributed by atoms with Crippen molar-refractivity contribution < 1.29 is 14.3 Å². The van der Waals surface area contributed by atoms with E-state index >= 15 is 0 Å². The van der Waals surface area contributed by atoms with Gasteiger partial charge in [0.2, 0.25) is 5.91 Å². The molecule has 88 valence electrons. The predicted octanol–water partition coefficient (Wildman–Crippen LogP) is 1.13. The van der Waals surface area contributed by atoms with E-state index < -0.39 is 5.92 Å². The van der Waals surface area contributed by atoms with E-state index in [9.17, 15) is 9.59 Å². The standard InChI is InChI=1S/C13H13NO3/c15-7-10-6-11-8-17-13(14(11)12(10)16)9-4-2-1-3-5-9/h1-5,7,10-11,13H,6,8H2/t10?,11?,13-/m1/s1. The molecule has 1 aromatic rings. The molecule has 3 atom stereocenters. The Morgan fingerprint density at radius 3 is 2.76 bits per heavy atom.